The van der Waals surface area contributed by atoms with Crippen LogP contribution in [0.4, 0.5) is 0 Å². The molecule has 0 radical (unpaired) electrons. The molecule has 1 aliphatic heterocycles. The van der Waals surface area contributed by atoms with Crippen molar-refractivity contribution < 1.29 is 14.1 Å². The highest BCUT2D eigenvalue weighted by molar-refractivity contribution is 5.93. The Hall–Kier alpha value is -3.49. The summed E-state index contributed by atoms with van der Waals surface area (Å²) in [4.78, 5) is 30.2. The van der Waals surface area contributed by atoms with E-state index >= 15 is 0 Å². The number of piperidine rings is 1. The SMILES string of the molecule is CCc1ccc(-c2cc(C(=O)NCc3nc(C4CCN(C(C)=O)CC4)no3)[nH]n2)cc1. The van der Waals surface area contributed by atoms with Crippen molar-refractivity contribution >= 4 is 11.8 Å². The molecule has 31 heavy (non-hydrogen) atoms. The molecule has 1 aliphatic rings. The summed E-state index contributed by atoms with van der Waals surface area (Å²) in [5, 5.41) is 13.8. The lowest BCUT2D eigenvalue weighted by molar-refractivity contribution is -0.129. The van der Waals surface area contributed by atoms with Gasteiger partial charge < -0.3 is 14.7 Å². The summed E-state index contributed by atoms with van der Waals surface area (Å²) < 4.78 is 5.29. The van der Waals surface area contributed by atoms with Crippen molar-refractivity contribution in [3.05, 3.63) is 53.3 Å². The van der Waals surface area contributed by atoms with Gasteiger partial charge in [0.2, 0.25) is 11.8 Å². The van der Waals surface area contributed by atoms with Crippen molar-refractivity contribution in [2.24, 2.45) is 0 Å². The van der Waals surface area contributed by atoms with Gasteiger partial charge in [-0.3, -0.25) is 14.7 Å². The van der Waals surface area contributed by atoms with E-state index in [-0.39, 0.29) is 24.3 Å². The first-order chi connectivity index (χ1) is 15.0. The number of amides is 2. The fraction of sp³-hybridized carbons (Fsp3) is 0.409. The van der Waals surface area contributed by atoms with Gasteiger partial charge in [0, 0.05) is 31.5 Å². The molecule has 9 heteroatoms. The molecule has 9 nitrogen and oxygen atoms in total. The number of likely N-dealkylation sites (tertiary alicyclic amines) is 1. The summed E-state index contributed by atoms with van der Waals surface area (Å²) in [6.45, 7) is 5.22. The number of aromatic amines is 1. The highest BCUT2D eigenvalue weighted by Crippen LogP contribution is 2.26. The van der Waals surface area contributed by atoms with E-state index < -0.39 is 0 Å². The minimum Gasteiger partial charge on any atom is -0.343 e. The van der Waals surface area contributed by atoms with Gasteiger partial charge in [-0.2, -0.15) is 10.1 Å². The normalized spacial score (nSPS) is 14.6. The van der Waals surface area contributed by atoms with Gasteiger partial charge >= 0.3 is 0 Å². The second kappa shape index (κ2) is 9.11. The number of H-pyrrole nitrogens is 1. The van der Waals surface area contributed by atoms with Crippen LogP contribution in [0.3, 0.4) is 0 Å². The van der Waals surface area contributed by atoms with Crippen molar-refractivity contribution in [2.45, 2.75) is 45.6 Å². The topological polar surface area (TPSA) is 117 Å². The minimum absolute atomic E-state index is 0.0925. The van der Waals surface area contributed by atoms with E-state index in [0.29, 0.717) is 36.2 Å². The molecule has 2 N–H and O–H groups in total. The molecule has 1 aromatic carbocycles. The van der Waals surface area contributed by atoms with Crippen molar-refractivity contribution in [2.75, 3.05) is 13.1 Å². The quantitative estimate of drug-likeness (QED) is 0.631. The number of hydrogen-bond donors (Lipinski definition) is 2. The van der Waals surface area contributed by atoms with Crippen LogP contribution in [0.25, 0.3) is 11.3 Å². The molecule has 1 saturated heterocycles. The smallest absolute Gasteiger partial charge is 0.269 e. The lowest BCUT2D eigenvalue weighted by atomic mass is 9.96. The van der Waals surface area contributed by atoms with Crippen LogP contribution in [0.5, 0.6) is 0 Å². The molecule has 1 fully saturated rings. The summed E-state index contributed by atoms with van der Waals surface area (Å²) >= 11 is 0. The Labute approximate surface area is 180 Å². The first-order valence-corrected chi connectivity index (χ1v) is 10.5. The lowest BCUT2D eigenvalue weighted by Gasteiger charge is -2.29. The summed E-state index contributed by atoms with van der Waals surface area (Å²) in [6, 6.07) is 9.83. The molecule has 2 aromatic heterocycles. The average Bonchev–Trinajstić information content (AvgIpc) is 3.48. The van der Waals surface area contributed by atoms with Gasteiger partial charge in [-0.05, 0) is 30.9 Å². The van der Waals surface area contributed by atoms with Gasteiger partial charge in [-0.25, -0.2) is 0 Å². The van der Waals surface area contributed by atoms with Crippen LogP contribution in [0.15, 0.2) is 34.9 Å². The third-order valence-electron chi connectivity index (χ3n) is 5.67. The predicted molar refractivity (Wildman–Crippen MR) is 113 cm³/mol. The Bertz CT molecular complexity index is 1050. The number of carbonyl (C=O) groups excluding carboxylic acids is 2. The third kappa shape index (κ3) is 4.82. The van der Waals surface area contributed by atoms with E-state index in [2.05, 4.69) is 44.7 Å². The van der Waals surface area contributed by atoms with Crippen LogP contribution in [0.2, 0.25) is 0 Å². The number of benzene rings is 1. The Morgan fingerprint density at radius 2 is 1.97 bits per heavy atom. The number of nitrogens with zero attached hydrogens (tertiary/aromatic N) is 4. The van der Waals surface area contributed by atoms with Crippen LogP contribution < -0.4 is 5.32 Å². The number of carbonyl (C=O) groups is 2. The zero-order valence-electron chi connectivity index (χ0n) is 17.7. The molecule has 162 valence electrons. The molecule has 3 aromatic rings. The zero-order chi connectivity index (χ0) is 21.8. The molecule has 0 spiro atoms. The van der Waals surface area contributed by atoms with Gasteiger partial charge in [0.1, 0.15) is 5.69 Å². The van der Waals surface area contributed by atoms with Crippen LogP contribution in [-0.2, 0) is 17.8 Å². The summed E-state index contributed by atoms with van der Waals surface area (Å²) in [7, 11) is 0. The van der Waals surface area contributed by atoms with Crippen molar-refractivity contribution in [1.82, 2.24) is 30.6 Å². The molecular formula is C22H26N6O3. The minimum atomic E-state index is -0.293. The number of hydrogen-bond acceptors (Lipinski definition) is 6. The first kappa shape index (κ1) is 20.8. The molecular weight excluding hydrogens is 396 g/mol. The Morgan fingerprint density at radius 1 is 1.23 bits per heavy atom. The van der Waals surface area contributed by atoms with Crippen LogP contribution in [0, 0.1) is 0 Å². The van der Waals surface area contributed by atoms with E-state index in [1.807, 2.05) is 17.0 Å². The highest BCUT2D eigenvalue weighted by Gasteiger charge is 2.25. The van der Waals surface area contributed by atoms with E-state index in [9.17, 15) is 9.59 Å². The summed E-state index contributed by atoms with van der Waals surface area (Å²) in [6.07, 6.45) is 2.59. The summed E-state index contributed by atoms with van der Waals surface area (Å²) in [5.41, 5.74) is 3.28. The monoisotopic (exact) mass is 422 g/mol. The fourth-order valence-electron chi connectivity index (χ4n) is 3.71. The number of aryl methyl sites for hydroxylation is 1. The second-order valence-electron chi connectivity index (χ2n) is 7.73. The van der Waals surface area contributed by atoms with Crippen LogP contribution in [0.1, 0.15) is 60.4 Å². The molecule has 4 rings (SSSR count). The van der Waals surface area contributed by atoms with Gasteiger partial charge in [0.05, 0.1) is 12.2 Å². The maximum absolute atomic E-state index is 12.5. The van der Waals surface area contributed by atoms with E-state index in [0.717, 1.165) is 24.8 Å². The Balaban J connectivity index is 1.31. The van der Waals surface area contributed by atoms with Gasteiger partial charge in [0.15, 0.2) is 5.82 Å². The summed E-state index contributed by atoms with van der Waals surface area (Å²) in [5.74, 6) is 0.949. The van der Waals surface area contributed by atoms with E-state index in [1.165, 1.54) is 5.56 Å². The van der Waals surface area contributed by atoms with Crippen LogP contribution in [-0.4, -0.2) is 50.1 Å². The van der Waals surface area contributed by atoms with E-state index in [1.54, 1.807) is 13.0 Å². The van der Waals surface area contributed by atoms with Crippen molar-refractivity contribution in [3.63, 3.8) is 0 Å². The van der Waals surface area contributed by atoms with E-state index in [4.69, 9.17) is 4.52 Å². The molecule has 0 saturated carbocycles. The maximum atomic E-state index is 12.5. The molecule has 0 atom stereocenters. The Morgan fingerprint density at radius 3 is 2.65 bits per heavy atom. The Kier molecular flexibility index (Phi) is 6.11. The van der Waals surface area contributed by atoms with Crippen molar-refractivity contribution in [3.8, 4) is 11.3 Å². The maximum Gasteiger partial charge on any atom is 0.269 e. The van der Waals surface area contributed by atoms with Crippen molar-refractivity contribution in [1.29, 1.82) is 0 Å². The molecule has 0 aliphatic carbocycles. The molecule has 0 bridgehead atoms. The molecule has 2 amide bonds. The third-order valence-corrected chi connectivity index (χ3v) is 5.67. The largest absolute Gasteiger partial charge is 0.343 e. The first-order valence-electron chi connectivity index (χ1n) is 10.5. The lowest BCUT2D eigenvalue weighted by Crippen LogP contribution is -2.36. The van der Waals surface area contributed by atoms with Gasteiger partial charge in [0.25, 0.3) is 5.91 Å². The predicted octanol–water partition coefficient (Wildman–Crippen LogP) is 2.68. The molecule has 0 unspecified atom stereocenters. The second-order valence-corrected chi connectivity index (χ2v) is 7.73. The van der Waals surface area contributed by atoms with Gasteiger partial charge in [-0.1, -0.05) is 36.3 Å². The number of nitrogens with one attached hydrogen (secondary N) is 2. The molecule has 3 heterocycles. The number of aromatic nitrogens is 4. The average molecular weight is 422 g/mol. The zero-order valence-corrected chi connectivity index (χ0v) is 17.7. The van der Waals surface area contributed by atoms with Gasteiger partial charge in [-0.15, -0.1) is 0 Å². The standard InChI is InChI=1S/C22H26N6O3/c1-3-15-4-6-16(7-5-15)18-12-19(26-25-18)22(30)23-13-20-24-21(27-31-20)17-8-10-28(11-9-17)14(2)29/h4-7,12,17H,3,8-11,13H2,1-2H3,(H,23,30)(H,25,26). The highest BCUT2D eigenvalue weighted by atomic mass is 16.5. The number of rotatable bonds is 6. The van der Waals surface area contributed by atoms with Crippen LogP contribution >= 0.6 is 0 Å². The fourth-order valence-corrected chi connectivity index (χ4v) is 3.71.